The second kappa shape index (κ2) is 11.4. The molecule has 11 heteroatoms. The Bertz CT molecular complexity index is 1750. The molecule has 1 fully saturated rings. The van der Waals surface area contributed by atoms with Gasteiger partial charge >= 0.3 is 0 Å². The van der Waals surface area contributed by atoms with E-state index in [0.717, 1.165) is 22.5 Å². The summed E-state index contributed by atoms with van der Waals surface area (Å²) in [4.78, 5) is 26.9. The van der Waals surface area contributed by atoms with E-state index in [9.17, 15) is 10.1 Å². The number of pyridine rings is 1. The zero-order valence-corrected chi connectivity index (χ0v) is 23.8. The van der Waals surface area contributed by atoms with Gasteiger partial charge in [-0.3, -0.25) is 9.48 Å². The van der Waals surface area contributed by atoms with Crippen LogP contribution in [0.3, 0.4) is 0 Å². The molecule has 0 unspecified atom stereocenters. The molecule has 0 saturated carbocycles. The molecule has 0 N–H and O–H groups in total. The number of aromatic nitrogens is 6. The highest BCUT2D eigenvalue weighted by Crippen LogP contribution is 2.30. The summed E-state index contributed by atoms with van der Waals surface area (Å²) in [5.74, 6) is 0.784. The van der Waals surface area contributed by atoms with Gasteiger partial charge in [-0.05, 0) is 31.5 Å². The lowest BCUT2D eigenvalue weighted by molar-refractivity contribution is -0.142. The third-order valence-corrected chi connectivity index (χ3v) is 7.54. The highest BCUT2D eigenvalue weighted by atomic mass is 16.5. The van der Waals surface area contributed by atoms with Gasteiger partial charge < -0.3 is 14.5 Å². The molecule has 1 saturated heterocycles. The summed E-state index contributed by atoms with van der Waals surface area (Å²) >= 11 is 0. The van der Waals surface area contributed by atoms with Crippen molar-refractivity contribution in [3.63, 3.8) is 0 Å². The number of benzene rings is 1. The average Bonchev–Trinajstić information content (AvgIpc) is 3.70. The van der Waals surface area contributed by atoms with Crippen molar-refractivity contribution in [2.75, 3.05) is 38.2 Å². The summed E-state index contributed by atoms with van der Waals surface area (Å²) < 4.78 is 9.12. The Labute approximate surface area is 243 Å². The average molecular weight is 562 g/mol. The third kappa shape index (κ3) is 5.08. The van der Waals surface area contributed by atoms with Crippen LogP contribution in [0.15, 0.2) is 73.4 Å². The van der Waals surface area contributed by atoms with E-state index in [1.807, 2.05) is 64.4 Å². The molecule has 6 rings (SSSR count). The number of carbonyl (C=O) groups excluding carboxylic acids is 1. The van der Waals surface area contributed by atoms with Crippen molar-refractivity contribution in [1.29, 1.82) is 5.26 Å². The molecule has 42 heavy (non-hydrogen) atoms. The van der Waals surface area contributed by atoms with Crippen molar-refractivity contribution in [2.24, 2.45) is 0 Å². The van der Waals surface area contributed by atoms with Gasteiger partial charge in [-0.25, -0.2) is 14.5 Å². The first-order valence-electron chi connectivity index (χ1n) is 13.9. The van der Waals surface area contributed by atoms with Gasteiger partial charge in [0.05, 0.1) is 30.0 Å². The molecule has 1 amide bonds. The molecule has 5 heterocycles. The molecular formula is C31H31N9O2. The zero-order chi connectivity index (χ0) is 29.2. The van der Waals surface area contributed by atoms with Gasteiger partial charge in [-0.2, -0.15) is 15.5 Å². The van der Waals surface area contributed by atoms with Crippen LogP contribution < -0.4 is 4.90 Å². The molecule has 212 valence electrons. The van der Waals surface area contributed by atoms with Crippen LogP contribution in [0.1, 0.15) is 37.1 Å². The van der Waals surface area contributed by atoms with E-state index >= 15 is 0 Å². The van der Waals surface area contributed by atoms with Crippen molar-refractivity contribution < 1.29 is 9.53 Å². The largest absolute Gasteiger partial charge is 0.367 e. The lowest BCUT2D eigenvalue weighted by Crippen LogP contribution is -2.50. The van der Waals surface area contributed by atoms with Gasteiger partial charge in [0, 0.05) is 62.9 Å². The number of hydrogen-bond acceptors (Lipinski definition) is 8. The summed E-state index contributed by atoms with van der Waals surface area (Å²) in [5, 5.41) is 18.6. The highest BCUT2D eigenvalue weighted by Gasteiger charge is 2.29. The number of rotatable bonds is 7. The van der Waals surface area contributed by atoms with Crippen molar-refractivity contribution >= 4 is 17.2 Å². The van der Waals surface area contributed by atoms with E-state index < -0.39 is 6.10 Å². The summed E-state index contributed by atoms with van der Waals surface area (Å²) in [6, 6.07) is 15.9. The molecule has 4 aromatic heterocycles. The van der Waals surface area contributed by atoms with Crippen molar-refractivity contribution in [3.8, 4) is 28.6 Å². The van der Waals surface area contributed by atoms with E-state index in [1.165, 1.54) is 0 Å². The highest BCUT2D eigenvalue weighted by molar-refractivity contribution is 5.84. The first-order valence-corrected chi connectivity index (χ1v) is 13.9. The number of carbonyl (C=O) groups is 1. The Hall–Kier alpha value is -5.08. The fourth-order valence-electron chi connectivity index (χ4n) is 5.23. The predicted octanol–water partition coefficient (Wildman–Crippen LogP) is 4.14. The van der Waals surface area contributed by atoms with Crippen molar-refractivity contribution in [2.45, 2.75) is 26.0 Å². The molecule has 0 spiro atoms. The van der Waals surface area contributed by atoms with Gasteiger partial charge in [-0.15, -0.1) is 0 Å². The minimum absolute atomic E-state index is 0.0327. The summed E-state index contributed by atoms with van der Waals surface area (Å²) in [6.45, 7) is 6.59. The second-order valence-corrected chi connectivity index (χ2v) is 10.5. The van der Waals surface area contributed by atoms with E-state index in [4.69, 9.17) is 14.7 Å². The number of amides is 1. The minimum atomic E-state index is -0.614. The van der Waals surface area contributed by atoms with Gasteiger partial charge in [0.2, 0.25) is 0 Å². The summed E-state index contributed by atoms with van der Waals surface area (Å²) in [7, 11) is 1.57. The van der Waals surface area contributed by atoms with Crippen LogP contribution in [0.2, 0.25) is 0 Å². The number of anilines is 1. The Morgan fingerprint density at radius 2 is 1.74 bits per heavy atom. The normalized spacial score (nSPS) is 14.4. The maximum atomic E-state index is 13.2. The second-order valence-electron chi connectivity index (χ2n) is 10.5. The Kier molecular flexibility index (Phi) is 7.37. The summed E-state index contributed by atoms with van der Waals surface area (Å²) in [5.41, 5.74) is 4.88. The Morgan fingerprint density at radius 1 is 0.952 bits per heavy atom. The van der Waals surface area contributed by atoms with Crippen LogP contribution in [0.5, 0.6) is 0 Å². The molecule has 0 bridgehead atoms. The van der Waals surface area contributed by atoms with Crippen LogP contribution >= 0.6 is 0 Å². The number of nitrogens with zero attached hydrogens (tertiary/aromatic N) is 9. The molecular weight excluding hydrogens is 530 g/mol. The van der Waals surface area contributed by atoms with Crippen LogP contribution in [0.4, 0.5) is 5.82 Å². The van der Waals surface area contributed by atoms with Crippen molar-refractivity contribution in [1.82, 2.24) is 34.3 Å². The van der Waals surface area contributed by atoms with Crippen molar-refractivity contribution in [3.05, 3.63) is 84.6 Å². The van der Waals surface area contributed by atoms with E-state index in [2.05, 4.69) is 35.0 Å². The van der Waals surface area contributed by atoms with E-state index in [1.54, 1.807) is 30.2 Å². The monoisotopic (exact) mass is 561 g/mol. The maximum absolute atomic E-state index is 13.2. The van der Waals surface area contributed by atoms with Gasteiger partial charge in [0.15, 0.2) is 6.10 Å². The lowest BCUT2D eigenvalue weighted by Gasteiger charge is -2.36. The number of piperazine rings is 1. The van der Waals surface area contributed by atoms with Crippen LogP contribution in [-0.4, -0.2) is 73.5 Å². The molecule has 1 atom stereocenters. The topological polar surface area (TPSA) is 117 Å². The fraction of sp³-hybridized carbons (Fsp3) is 0.290. The standard InChI is InChI=1S/C31H31N9O2/c1-21(2)39-19-25(18-34-39)26-20-40-29(24(15-32)17-35-40)28(36-26)23-9-10-27(33-16-23)37-11-13-38(14-12-37)31(41)30(42-3)22-7-5-4-6-8-22/h4-10,16-21,30H,11-14H2,1-3H3/t30-/m1/s1. The number of nitriles is 1. The Balaban J connectivity index is 1.22. The SMILES string of the molecule is CO[C@@H](C(=O)N1CCN(c2ccc(-c3nc(-c4cnn(C(C)C)c4)cn4ncc(C#N)c34)cn2)CC1)c1ccccc1. The molecule has 0 aliphatic carbocycles. The quantitative estimate of drug-likeness (QED) is 0.291. The Morgan fingerprint density at radius 3 is 2.38 bits per heavy atom. The predicted molar refractivity (Wildman–Crippen MR) is 158 cm³/mol. The van der Waals surface area contributed by atoms with Gasteiger partial charge in [0.1, 0.15) is 23.0 Å². The zero-order valence-electron chi connectivity index (χ0n) is 23.8. The molecule has 1 aliphatic rings. The van der Waals surface area contributed by atoms with E-state index in [-0.39, 0.29) is 11.9 Å². The molecule has 1 aromatic carbocycles. The van der Waals surface area contributed by atoms with Gasteiger partial charge in [-0.1, -0.05) is 30.3 Å². The smallest absolute Gasteiger partial charge is 0.256 e. The molecule has 5 aromatic rings. The van der Waals surface area contributed by atoms with Crippen LogP contribution in [0, 0.1) is 11.3 Å². The van der Waals surface area contributed by atoms with Crippen LogP contribution in [-0.2, 0) is 9.53 Å². The number of methoxy groups -OCH3 is 1. The third-order valence-electron chi connectivity index (χ3n) is 7.54. The number of fused-ring (bicyclic) bond motifs is 1. The molecule has 11 nitrogen and oxygen atoms in total. The molecule has 0 radical (unpaired) electrons. The van der Waals surface area contributed by atoms with Gasteiger partial charge in [0.25, 0.3) is 5.91 Å². The molecule has 1 aliphatic heterocycles. The number of hydrogen-bond donors (Lipinski definition) is 0. The lowest BCUT2D eigenvalue weighted by atomic mass is 10.1. The fourth-order valence-corrected chi connectivity index (χ4v) is 5.23. The number of ether oxygens (including phenoxy) is 1. The van der Waals surface area contributed by atoms with Crippen LogP contribution in [0.25, 0.3) is 28.0 Å². The maximum Gasteiger partial charge on any atom is 0.256 e. The summed E-state index contributed by atoms with van der Waals surface area (Å²) in [6.07, 6.45) is 8.27. The van der Waals surface area contributed by atoms with E-state index in [0.29, 0.717) is 48.6 Å². The minimum Gasteiger partial charge on any atom is -0.367 e. The first-order chi connectivity index (χ1) is 20.5. The first kappa shape index (κ1) is 27.1.